The summed E-state index contributed by atoms with van der Waals surface area (Å²) in [5.74, 6) is 2.81. The minimum absolute atomic E-state index is 0.147. The molecule has 9 heteroatoms. The van der Waals surface area contributed by atoms with Crippen molar-refractivity contribution in [3.63, 3.8) is 0 Å². The van der Waals surface area contributed by atoms with Gasteiger partial charge in [-0.05, 0) is 37.6 Å². The number of carbonyl (C=O) groups is 3. The van der Waals surface area contributed by atoms with Crippen LogP contribution in [0.5, 0.6) is 0 Å². The van der Waals surface area contributed by atoms with Crippen molar-refractivity contribution in [1.29, 1.82) is 0 Å². The number of hydrogen-bond acceptors (Lipinski definition) is 5. The van der Waals surface area contributed by atoms with Gasteiger partial charge in [-0.3, -0.25) is 9.59 Å². The van der Waals surface area contributed by atoms with E-state index in [4.69, 9.17) is 5.84 Å². The molecule has 9 nitrogen and oxygen atoms in total. The smallest absolute Gasteiger partial charge is 0.326 e. The summed E-state index contributed by atoms with van der Waals surface area (Å²) in [6.07, 6.45) is 1.42. The fourth-order valence-electron chi connectivity index (χ4n) is 2.99. The molecule has 0 saturated carbocycles. The third-order valence-corrected chi connectivity index (χ3v) is 4.19. The van der Waals surface area contributed by atoms with E-state index in [0.29, 0.717) is 11.3 Å². The highest BCUT2D eigenvalue weighted by molar-refractivity contribution is 5.98. The van der Waals surface area contributed by atoms with Crippen molar-refractivity contribution in [1.82, 2.24) is 10.6 Å². The Labute approximate surface area is 174 Å². The Hall–Kier alpha value is -3.88. The van der Waals surface area contributed by atoms with Gasteiger partial charge in [0.1, 0.15) is 12.4 Å². The van der Waals surface area contributed by atoms with Gasteiger partial charge in [0.05, 0.1) is 6.54 Å². The van der Waals surface area contributed by atoms with Crippen LogP contribution in [0.3, 0.4) is 0 Å². The molecule has 0 aliphatic rings. The highest BCUT2D eigenvalue weighted by Crippen LogP contribution is 2.12. The van der Waals surface area contributed by atoms with Crippen molar-refractivity contribution in [3.8, 4) is 0 Å². The van der Waals surface area contributed by atoms with E-state index in [0.717, 1.165) is 16.7 Å². The molecule has 0 radical (unpaired) electrons. The predicted molar refractivity (Wildman–Crippen MR) is 114 cm³/mol. The monoisotopic (exact) mass is 411 g/mol. The molecule has 6 N–H and O–H groups in total. The number of aryl methyl sites for hydroxylation is 2. The summed E-state index contributed by atoms with van der Waals surface area (Å²) in [5, 5.41) is 20.5. The Morgan fingerprint density at radius 1 is 1.13 bits per heavy atom. The minimum atomic E-state index is -1.14. The second-order valence-corrected chi connectivity index (χ2v) is 6.84. The van der Waals surface area contributed by atoms with Crippen molar-refractivity contribution < 1.29 is 19.5 Å². The number of rotatable bonds is 9. The molecule has 0 spiro atoms. The zero-order chi connectivity index (χ0) is 22.1. The summed E-state index contributed by atoms with van der Waals surface area (Å²) in [7, 11) is 0. The Balaban J connectivity index is 1.94. The van der Waals surface area contributed by atoms with E-state index < -0.39 is 23.8 Å². The average molecular weight is 411 g/mol. The average Bonchev–Trinajstić information content (AvgIpc) is 2.69. The third-order valence-electron chi connectivity index (χ3n) is 4.19. The number of carboxylic acid groups (broad SMARTS) is 1. The lowest BCUT2D eigenvalue weighted by molar-refractivity contribution is -0.141. The predicted octanol–water partition coefficient (Wildman–Crippen LogP) is 1.16. The highest BCUT2D eigenvalue weighted by atomic mass is 16.4. The molecule has 0 fully saturated rings. The van der Waals surface area contributed by atoms with Crippen LogP contribution in [0.2, 0.25) is 0 Å². The summed E-state index contributed by atoms with van der Waals surface area (Å²) in [6.45, 7) is 3.50. The Kier molecular flexibility index (Phi) is 7.92. The molecule has 0 saturated heterocycles. The van der Waals surface area contributed by atoms with Crippen LogP contribution in [-0.4, -0.2) is 41.8 Å². The van der Waals surface area contributed by atoms with Crippen LogP contribution < -0.4 is 21.8 Å². The van der Waals surface area contributed by atoms with Crippen molar-refractivity contribution in [3.05, 3.63) is 64.7 Å². The molecule has 0 aliphatic heterocycles. The van der Waals surface area contributed by atoms with Crippen molar-refractivity contribution >= 4 is 29.8 Å². The molecule has 0 heterocycles. The lowest BCUT2D eigenvalue weighted by Gasteiger charge is -2.16. The molecule has 2 amide bonds. The van der Waals surface area contributed by atoms with E-state index in [2.05, 4.69) is 21.1 Å². The van der Waals surface area contributed by atoms with Crippen LogP contribution in [0.25, 0.3) is 0 Å². The molecule has 158 valence electrons. The highest BCUT2D eigenvalue weighted by Gasteiger charge is 2.21. The summed E-state index contributed by atoms with van der Waals surface area (Å²) in [5.41, 5.74) is 3.77. The van der Waals surface area contributed by atoms with Crippen LogP contribution in [0.4, 0.5) is 5.69 Å². The molecular formula is C21H25N5O4. The Morgan fingerprint density at radius 2 is 1.83 bits per heavy atom. The fourth-order valence-corrected chi connectivity index (χ4v) is 2.99. The maximum Gasteiger partial charge on any atom is 0.326 e. The molecular weight excluding hydrogens is 386 g/mol. The normalized spacial score (nSPS) is 11.7. The molecule has 1 atom stereocenters. The van der Waals surface area contributed by atoms with Crippen LogP contribution in [0, 0.1) is 13.8 Å². The quantitative estimate of drug-likeness (QED) is 0.181. The van der Waals surface area contributed by atoms with E-state index in [9.17, 15) is 19.5 Å². The maximum absolute atomic E-state index is 12.3. The first-order chi connectivity index (χ1) is 14.3. The number of benzene rings is 2. The molecule has 2 aromatic carbocycles. The van der Waals surface area contributed by atoms with Gasteiger partial charge < -0.3 is 26.9 Å². The van der Waals surface area contributed by atoms with Crippen molar-refractivity contribution in [2.24, 2.45) is 10.9 Å². The SMILES string of the molecule is Cc1cc(C)cc(CC(NC(=O)CNC(=O)c2cccc(NC=NN)c2)C(=O)O)c1. The van der Waals surface area contributed by atoms with Crippen LogP contribution in [0.15, 0.2) is 47.6 Å². The molecule has 0 bridgehead atoms. The molecule has 1 unspecified atom stereocenters. The van der Waals surface area contributed by atoms with Gasteiger partial charge in [-0.25, -0.2) is 4.79 Å². The second kappa shape index (κ2) is 10.6. The lowest BCUT2D eigenvalue weighted by Crippen LogP contribution is -2.46. The molecule has 0 aromatic heterocycles. The van der Waals surface area contributed by atoms with Gasteiger partial charge in [0.2, 0.25) is 5.91 Å². The van der Waals surface area contributed by atoms with Gasteiger partial charge in [-0.1, -0.05) is 35.4 Å². The van der Waals surface area contributed by atoms with Crippen LogP contribution in [-0.2, 0) is 16.0 Å². The van der Waals surface area contributed by atoms with E-state index in [1.54, 1.807) is 24.3 Å². The van der Waals surface area contributed by atoms with Crippen molar-refractivity contribution in [2.45, 2.75) is 26.3 Å². The Morgan fingerprint density at radius 3 is 2.47 bits per heavy atom. The first kappa shape index (κ1) is 22.4. The maximum atomic E-state index is 12.3. The number of aliphatic carboxylic acids is 1. The van der Waals surface area contributed by atoms with Crippen molar-refractivity contribution in [2.75, 3.05) is 11.9 Å². The number of nitrogens with two attached hydrogens (primary N) is 1. The zero-order valence-electron chi connectivity index (χ0n) is 16.8. The van der Waals surface area contributed by atoms with Gasteiger partial charge in [0.25, 0.3) is 5.91 Å². The number of nitrogens with one attached hydrogen (secondary N) is 3. The number of carboxylic acids is 1. The number of nitrogens with zero attached hydrogens (tertiary/aromatic N) is 1. The van der Waals surface area contributed by atoms with E-state index in [-0.39, 0.29) is 13.0 Å². The third kappa shape index (κ3) is 6.93. The summed E-state index contributed by atoms with van der Waals surface area (Å²) >= 11 is 0. The topological polar surface area (TPSA) is 146 Å². The minimum Gasteiger partial charge on any atom is -0.480 e. The number of amides is 2. The first-order valence-corrected chi connectivity index (χ1v) is 9.24. The molecule has 2 aromatic rings. The van der Waals surface area contributed by atoms with Crippen LogP contribution in [0.1, 0.15) is 27.0 Å². The van der Waals surface area contributed by atoms with Gasteiger partial charge in [-0.15, -0.1) is 0 Å². The van der Waals surface area contributed by atoms with Gasteiger partial charge in [0, 0.05) is 17.7 Å². The fraction of sp³-hybridized carbons (Fsp3) is 0.238. The lowest BCUT2D eigenvalue weighted by atomic mass is 10.0. The largest absolute Gasteiger partial charge is 0.480 e. The first-order valence-electron chi connectivity index (χ1n) is 9.24. The molecule has 0 aliphatic carbocycles. The Bertz CT molecular complexity index is 938. The number of hydrazone groups is 1. The van der Waals surface area contributed by atoms with Gasteiger partial charge >= 0.3 is 5.97 Å². The van der Waals surface area contributed by atoms with Gasteiger partial charge in [0.15, 0.2) is 0 Å². The van der Waals surface area contributed by atoms with E-state index >= 15 is 0 Å². The number of hydrogen-bond donors (Lipinski definition) is 5. The number of anilines is 1. The zero-order valence-corrected chi connectivity index (χ0v) is 16.8. The van der Waals surface area contributed by atoms with Gasteiger partial charge in [-0.2, -0.15) is 5.10 Å². The van der Waals surface area contributed by atoms with E-state index in [1.165, 1.54) is 6.34 Å². The van der Waals surface area contributed by atoms with E-state index in [1.807, 2.05) is 32.0 Å². The summed E-state index contributed by atoms with van der Waals surface area (Å²) in [6, 6.07) is 11.2. The summed E-state index contributed by atoms with van der Waals surface area (Å²) in [4.78, 5) is 36.0. The number of carbonyl (C=O) groups excluding carboxylic acids is 2. The molecule has 2 rings (SSSR count). The molecule has 30 heavy (non-hydrogen) atoms. The standard InChI is InChI=1S/C21H25N5O4/c1-13-6-14(2)8-15(7-13)9-18(21(29)30)26-19(27)11-23-20(28)16-4-3-5-17(10-16)24-12-25-22/h3-8,10,12,18H,9,11,22H2,1-2H3,(H,23,28)(H,24,25)(H,26,27)(H,29,30). The van der Waals surface area contributed by atoms with Crippen LogP contribution >= 0.6 is 0 Å². The second-order valence-electron chi connectivity index (χ2n) is 6.84. The summed E-state index contributed by atoms with van der Waals surface area (Å²) < 4.78 is 0.